The third kappa shape index (κ3) is 5.94. The molecule has 1 N–H and O–H groups in total. The normalized spacial score (nSPS) is 13.6. The van der Waals surface area contributed by atoms with E-state index in [1.807, 2.05) is 55.1 Å². The molecule has 170 valence electrons. The first kappa shape index (κ1) is 22.5. The maximum atomic E-state index is 12.7. The van der Waals surface area contributed by atoms with Crippen LogP contribution >= 0.6 is 0 Å². The Balaban J connectivity index is 1.26. The number of carbonyl (C=O) groups is 2. The van der Waals surface area contributed by atoms with E-state index in [0.29, 0.717) is 31.9 Å². The van der Waals surface area contributed by atoms with Gasteiger partial charge < -0.3 is 15.1 Å². The quantitative estimate of drug-likeness (QED) is 0.633. The average Bonchev–Trinajstić information content (AvgIpc) is 2.83. The Bertz CT molecular complexity index is 1110. The number of nitrogens with one attached hydrogen (secondary N) is 1. The Morgan fingerprint density at radius 2 is 1.61 bits per heavy atom. The molecule has 1 saturated heterocycles. The predicted octanol–water partition coefficient (Wildman–Crippen LogP) is 3.17. The molecule has 0 radical (unpaired) electrons. The zero-order valence-electron chi connectivity index (χ0n) is 19.1. The fraction of sp³-hybridized carbons (Fsp3) is 0.308. The van der Waals surface area contributed by atoms with Crippen LogP contribution in [0.15, 0.2) is 60.9 Å². The van der Waals surface area contributed by atoms with Crippen molar-refractivity contribution in [3.63, 3.8) is 0 Å². The summed E-state index contributed by atoms with van der Waals surface area (Å²) in [6.45, 7) is 6.80. The monoisotopic (exact) mass is 443 g/mol. The second-order valence-corrected chi connectivity index (χ2v) is 8.45. The van der Waals surface area contributed by atoms with Crippen LogP contribution in [0.5, 0.6) is 0 Å². The van der Waals surface area contributed by atoms with Gasteiger partial charge in [-0.25, -0.2) is 9.97 Å². The summed E-state index contributed by atoms with van der Waals surface area (Å²) in [6, 6.07) is 15.5. The van der Waals surface area contributed by atoms with Gasteiger partial charge in [-0.2, -0.15) is 0 Å². The van der Waals surface area contributed by atoms with Crippen LogP contribution in [0.25, 0.3) is 0 Å². The molecular weight excluding hydrogens is 414 g/mol. The molecule has 2 amide bonds. The van der Waals surface area contributed by atoms with E-state index in [0.717, 1.165) is 41.0 Å². The van der Waals surface area contributed by atoms with Gasteiger partial charge in [0.1, 0.15) is 0 Å². The molecule has 7 heteroatoms. The summed E-state index contributed by atoms with van der Waals surface area (Å²) < 4.78 is 0. The van der Waals surface area contributed by atoms with E-state index in [1.165, 1.54) is 0 Å². The second-order valence-electron chi connectivity index (χ2n) is 8.45. The molecule has 0 aliphatic carbocycles. The van der Waals surface area contributed by atoms with Gasteiger partial charge in [0, 0.05) is 44.3 Å². The predicted molar refractivity (Wildman–Crippen MR) is 129 cm³/mol. The molecule has 0 unspecified atom stereocenters. The zero-order chi connectivity index (χ0) is 23.2. The smallest absolute Gasteiger partial charge is 0.228 e. The number of anilines is 2. The number of amides is 2. The highest BCUT2D eigenvalue weighted by molar-refractivity contribution is 5.92. The Hall–Kier alpha value is -3.74. The summed E-state index contributed by atoms with van der Waals surface area (Å²) in [5.41, 5.74) is 4.96. The molecule has 1 fully saturated rings. The second kappa shape index (κ2) is 10.3. The van der Waals surface area contributed by atoms with Gasteiger partial charge >= 0.3 is 0 Å². The maximum Gasteiger partial charge on any atom is 0.228 e. The van der Waals surface area contributed by atoms with E-state index in [2.05, 4.69) is 26.3 Å². The molecule has 2 heterocycles. The van der Waals surface area contributed by atoms with Crippen LogP contribution in [0.3, 0.4) is 0 Å². The molecule has 1 aromatic heterocycles. The van der Waals surface area contributed by atoms with Crippen LogP contribution in [0.2, 0.25) is 0 Å². The molecule has 4 rings (SSSR count). The van der Waals surface area contributed by atoms with Crippen molar-refractivity contribution in [2.45, 2.75) is 26.7 Å². The Morgan fingerprint density at radius 3 is 2.30 bits per heavy atom. The number of rotatable bonds is 6. The average molecular weight is 444 g/mol. The number of aryl methyl sites for hydroxylation is 2. The summed E-state index contributed by atoms with van der Waals surface area (Å²) in [4.78, 5) is 37.7. The molecule has 7 nitrogen and oxygen atoms in total. The number of carbonyl (C=O) groups excluding carboxylic acids is 2. The van der Waals surface area contributed by atoms with Crippen LogP contribution in [0.1, 0.15) is 22.3 Å². The maximum absolute atomic E-state index is 12.7. The fourth-order valence-corrected chi connectivity index (χ4v) is 3.97. The first-order chi connectivity index (χ1) is 16.0. The molecule has 0 spiro atoms. The Labute approximate surface area is 194 Å². The van der Waals surface area contributed by atoms with E-state index >= 15 is 0 Å². The van der Waals surface area contributed by atoms with Gasteiger partial charge in [0.2, 0.25) is 17.8 Å². The molecule has 33 heavy (non-hydrogen) atoms. The largest absolute Gasteiger partial charge is 0.339 e. The van der Waals surface area contributed by atoms with Crippen molar-refractivity contribution in [3.8, 4) is 0 Å². The molecule has 0 atom stereocenters. The first-order valence-electron chi connectivity index (χ1n) is 11.2. The van der Waals surface area contributed by atoms with E-state index in [-0.39, 0.29) is 11.8 Å². The summed E-state index contributed by atoms with van der Waals surface area (Å²) in [5, 5.41) is 2.95. The first-order valence-corrected chi connectivity index (χ1v) is 11.2. The van der Waals surface area contributed by atoms with E-state index in [4.69, 9.17) is 0 Å². The SMILES string of the molecule is Cc1ccc(C)c(CC(=O)Nc2ccc(CC(=O)N3CCN(c4ncccn4)CC3)cc2)c1. The molecule has 0 saturated carbocycles. The van der Waals surface area contributed by atoms with Crippen molar-refractivity contribution in [2.24, 2.45) is 0 Å². The van der Waals surface area contributed by atoms with Crippen LogP contribution in [0.4, 0.5) is 11.6 Å². The standard InChI is InChI=1S/C26H29N5O2/c1-19-4-5-20(2)22(16-19)18-24(32)29-23-8-6-21(7-9-23)17-25(33)30-12-14-31(15-13-30)26-27-10-3-11-28-26/h3-11,16H,12-15,17-18H2,1-2H3,(H,29,32). The van der Waals surface area contributed by atoms with E-state index in [9.17, 15) is 9.59 Å². The van der Waals surface area contributed by atoms with Gasteiger partial charge in [-0.05, 0) is 48.7 Å². The molecule has 1 aliphatic heterocycles. The van der Waals surface area contributed by atoms with Gasteiger partial charge in [-0.15, -0.1) is 0 Å². The fourth-order valence-electron chi connectivity index (χ4n) is 3.97. The lowest BCUT2D eigenvalue weighted by Crippen LogP contribution is -2.49. The molecule has 0 bridgehead atoms. The van der Waals surface area contributed by atoms with Gasteiger partial charge in [0.25, 0.3) is 0 Å². The highest BCUT2D eigenvalue weighted by Crippen LogP contribution is 2.16. The summed E-state index contributed by atoms with van der Waals surface area (Å²) in [6.07, 6.45) is 4.15. The number of hydrogen-bond acceptors (Lipinski definition) is 5. The zero-order valence-corrected chi connectivity index (χ0v) is 19.1. The van der Waals surface area contributed by atoms with Crippen molar-refractivity contribution >= 4 is 23.5 Å². The van der Waals surface area contributed by atoms with Crippen LogP contribution in [0, 0.1) is 13.8 Å². The van der Waals surface area contributed by atoms with Gasteiger partial charge in [-0.3, -0.25) is 9.59 Å². The highest BCUT2D eigenvalue weighted by Gasteiger charge is 2.22. The van der Waals surface area contributed by atoms with Gasteiger partial charge in [-0.1, -0.05) is 35.9 Å². The van der Waals surface area contributed by atoms with Crippen molar-refractivity contribution in [3.05, 3.63) is 83.2 Å². The van der Waals surface area contributed by atoms with Crippen molar-refractivity contribution in [2.75, 3.05) is 36.4 Å². The van der Waals surface area contributed by atoms with Crippen LogP contribution in [-0.4, -0.2) is 52.9 Å². The highest BCUT2D eigenvalue weighted by atomic mass is 16.2. The summed E-state index contributed by atoms with van der Waals surface area (Å²) >= 11 is 0. The number of benzene rings is 2. The topological polar surface area (TPSA) is 78.4 Å². The third-order valence-electron chi connectivity index (χ3n) is 5.92. The van der Waals surface area contributed by atoms with Crippen molar-refractivity contribution in [1.82, 2.24) is 14.9 Å². The molecule has 1 aliphatic rings. The third-order valence-corrected chi connectivity index (χ3v) is 5.92. The number of hydrogen-bond donors (Lipinski definition) is 1. The van der Waals surface area contributed by atoms with E-state index < -0.39 is 0 Å². The van der Waals surface area contributed by atoms with Crippen molar-refractivity contribution in [1.29, 1.82) is 0 Å². The van der Waals surface area contributed by atoms with Crippen LogP contribution < -0.4 is 10.2 Å². The van der Waals surface area contributed by atoms with Gasteiger partial charge in [0.05, 0.1) is 12.8 Å². The lowest BCUT2D eigenvalue weighted by molar-refractivity contribution is -0.130. The summed E-state index contributed by atoms with van der Waals surface area (Å²) in [5.74, 6) is 0.767. The Morgan fingerprint density at radius 1 is 0.909 bits per heavy atom. The molecule has 2 aromatic carbocycles. The number of piperazine rings is 1. The minimum atomic E-state index is -0.0483. The van der Waals surface area contributed by atoms with Gasteiger partial charge in [0.15, 0.2) is 0 Å². The number of aromatic nitrogens is 2. The van der Waals surface area contributed by atoms with E-state index in [1.54, 1.807) is 18.5 Å². The number of nitrogens with zero attached hydrogens (tertiary/aromatic N) is 4. The lowest BCUT2D eigenvalue weighted by Gasteiger charge is -2.34. The summed E-state index contributed by atoms with van der Waals surface area (Å²) in [7, 11) is 0. The van der Waals surface area contributed by atoms with Crippen molar-refractivity contribution < 1.29 is 9.59 Å². The van der Waals surface area contributed by atoms with Crippen LogP contribution in [-0.2, 0) is 22.4 Å². The molecular formula is C26H29N5O2. The Kier molecular flexibility index (Phi) is 6.98. The minimum Gasteiger partial charge on any atom is -0.339 e. The molecule has 3 aromatic rings. The minimum absolute atomic E-state index is 0.0483. The lowest BCUT2D eigenvalue weighted by atomic mass is 10.0.